The van der Waals surface area contributed by atoms with Crippen LogP contribution in [0, 0.1) is 0 Å². The Kier molecular flexibility index (Phi) is 3.36. The van der Waals surface area contributed by atoms with Gasteiger partial charge in [0.1, 0.15) is 5.75 Å². The molecule has 0 N–H and O–H groups in total. The highest BCUT2D eigenvalue weighted by Crippen LogP contribution is 2.39. The zero-order chi connectivity index (χ0) is 10.9. The zero-order valence-corrected chi connectivity index (χ0v) is 9.50. The van der Waals surface area contributed by atoms with Gasteiger partial charge in [-0.25, -0.2) is 0 Å². The Bertz CT molecular complexity index is 351. The lowest BCUT2D eigenvalue weighted by Crippen LogP contribution is -2.06. The molecule has 0 unspecified atom stereocenters. The number of benzene rings is 1. The van der Waals surface area contributed by atoms with Gasteiger partial charge in [-0.3, -0.25) is 0 Å². The molecule has 0 aliphatic carbocycles. The van der Waals surface area contributed by atoms with Crippen molar-refractivity contribution in [2.75, 3.05) is 7.11 Å². The van der Waals surface area contributed by atoms with E-state index in [9.17, 15) is 13.2 Å². The molecule has 0 atom stereocenters. The largest absolute Gasteiger partial charge is 0.496 e. The summed E-state index contributed by atoms with van der Waals surface area (Å²) >= 11 is 6.81. The molecule has 1 aromatic rings. The van der Waals surface area contributed by atoms with Crippen LogP contribution in [0.5, 0.6) is 5.75 Å². The van der Waals surface area contributed by atoms with Crippen LogP contribution in [-0.4, -0.2) is 7.11 Å². The van der Waals surface area contributed by atoms with E-state index in [1.165, 1.54) is 13.2 Å². The van der Waals surface area contributed by atoms with Gasteiger partial charge in [-0.1, -0.05) is 0 Å². The maximum absolute atomic E-state index is 12.4. The van der Waals surface area contributed by atoms with E-state index in [1.807, 2.05) is 0 Å². The fourth-order valence-electron chi connectivity index (χ4n) is 0.926. The zero-order valence-electron chi connectivity index (χ0n) is 7.02. The number of alkyl halides is 3. The van der Waals surface area contributed by atoms with Crippen LogP contribution in [0.15, 0.2) is 21.5 Å². The van der Waals surface area contributed by atoms with E-state index in [0.29, 0.717) is 4.47 Å². The van der Waals surface area contributed by atoms with Gasteiger partial charge in [0.2, 0.25) is 0 Å². The summed E-state index contributed by atoms with van der Waals surface area (Å²) in [5.41, 5.74) is -0.805. The lowest BCUT2D eigenvalue weighted by molar-refractivity contribution is -0.139. The average Bonchev–Trinajstić information content (AvgIpc) is 2.02. The number of hydrogen-bond acceptors (Lipinski definition) is 2. The van der Waals surface area contributed by atoms with Crippen molar-refractivity contribution in [1.82, 2.24) is 0 Å². The third-order valence-corrected chi connectivity index (χ3v) is 2.57. The molecule has 0 heterocycles. The topological polar surface area (TPSA) is 9.23 Å². The molecule has 0 aromatic heterocycles. The Labute approximate surface area is 92.8 Å². The van der Waals surface area contributed by atoms with Crippen molar-refractivity contribution in [3.63, 3.8) is 0 Å². The van der Waals surface area contributed by atoms with E-state index >= 15 is 0 Å². The maximum atomic E-state index is 12.4. The first kappa shape index (κ1) is 11.7. The number of ether oxygens (including phenoxy) is 1. The molecule has 0 saturated heterocycles. The van der Waals surface area contributed by atoms with Crippen molar-refractivity contribution in [2.45, 2.75) is 11.1 Å². The second kappa shape index (κ2) is 4.02. The maximum Gasteiger partial charge on any atom is 0.417 e. The van der Waals surface area contributed by atoms with E-state index in [-0.39, 0.29) is 10.6 Å². The van der Waals surface area contributed by atoms with Gasteiger partial charge in [-0.05, 0) is 28.1 Å². The molecule has 1 aromatic carbocycles. The van der Waals surface area contributed by atoms with E-state index in [2.05, 4.69) is 28.6 Å². The molecule has 0 aliphatic heterocycles. The van der Waals surface area contributed by atoms with Gasteiger partial charge in [0.15, 0.2) is 0 Å². The molecule has 0 fully saturated rings. The Morgan fingerprint density at radius 2 is 1.93 bits per heavy atom. The molecule has 78 valence electrons. The van der Waals surface area contributed by atoms with Gasteiger partial charge in [-0.15, -0.1) is 12.6 Å². The van der Waals surface area contributed by atoms with Gasteiger partial charge in [0, 0.05) is 4.90 Å². The highest BCUT2D eigenvalue weighted by molar-refractivity contribution is 9.10. The molecular formula is C8H6BrF3OS. The van der Waals surface area contributed by atoms with Crippen LogP contribution in [0.4, 0.5) is 13.2 Å². The predicted octanol–water partition coefficient (Wildman–Crippen LogP) is 3.77. The Balaban J connectivity index is 3.32. The van der Waals surface area contributed by atoms with Crippen LogP contribution in [0.2, 0.25) is 0 Å². The number of halogens is 4. The summed E-state index contributed by atoms with van der Waals surface area (Å²) in [6.45, 7) is 0. The fraction of sp³-hybridized carbons (Fsp3) is 0.250. The van der Waals surface area contributed by atoms with E-state index in [4.69, 9.17) is 4.74 Å². The van der Waals surface area contributed by atoms with Crippen molar-refractivity contribution in [1.29, 1.82) is 0 Å². The number of hydrogen-bond donors (Lipinski definition) is 1. The van der Waals surface area contributed by atoms with Crippen molar-refractivity contribution >= 4 is 28.6 Å². The highest BCUT2D eigenvalue weighted by Gasteiger charge is 2.33. The summed E-state index contributed by atoms with van der Waals surface area (Å²) in [6.07, 6.45) is -4.41. The number of methoxy groups -OCH3 is 1. The lowest BCUT2D eigenvalue weighted by Gasteiger charge is -2.12. The van der Waals surface area contributed by atoms with Gasteiger partial charge in [-0.2, -0.15) is 13.2 Å². The molecule has 0 amide bonds. The van der Waals surface area contributed by atoms with Gasteiger partial charge < -0.3 is 4.74 Å². The van der Waals surface area contributed by atoms with Crippen LogP contribution in [0.3, 0.4) is 0 Å². The molecule has 14 heavy (non-hydrogen) atoms. The third kappa shape index (κ3) is 2.36. The van der Waals surface area contributed by atoms with Gasteiger partial charge >= 0.3 is 6.18 Å². The number of thiol groups is 1. The first-order chi connectivity index (χ1) is 6.36. The minimum absolute atomic E-state index is 0.134. The van der Waals surface area contributed by atoms with Crippen molar-refractivity contribution in [2.24, 2.45) is 0 Å². The van der Waals surface area contributed by atoms with Gasteiger partial charge in [0.05, 0.1) is 17.1 Å². The molecule has 6 heteroatoms. The van der Waals surface area contributed by atoms with E-state index < -0.39 is 11.7 Å². The summed E-state index contributed by atoms with van der Waals surface area (Å²) in [6, 6.07) is 2.16. The fourth-order valence-corrected chi connectivity index (χ4v) is 1.93. The van der Waals surface area contributed by atoms with E-state index in [1.54, 1.807) is 0 Å². The second-order valence-corrected chi connectivity index (χ2v) is 3.84. The molecular weight excluding hydrogens is 281 g/mol. The van der Waals surface area contributed by atoms with Crippen molar-refractivity contribution in [3.8, 4) is 5.75 Å². The molecule has 0 bridgehead atoms. The monoisotopic (exact) mass is 286 g/mol. The van der Waals surface area contributed by atoms with Crippen LogP contribution in [-0.2, 0) is 6.18 Å². The average molecular weight is 287 g/mol. The summed E-state index contributed by atoms with van der Waals surface area (Å²) < 4.78 is 42.3. The first-order valence-electron chi connectivity index (χ1n) is 3.50. The normalized spacial score (nSPS) is 11.6. The van der Waals surface area contributed by atoms with Crippen LogP contribution < -0.4 is 4.74 Å². The SMILES string of the molecule is COc1cc(C(F)(F)F)c(S)cc1Br. The Hall–Kier alpha value is -0.360. The molecule has 0 saturated carbocycles. The Morgan fingerprint density at radius 3 is 2.36 bits per heavy atom. The Morgan fingerprint density at radius 1 is 1.36 bits per heavy atom. The summed E-state index contributed by atoms with van der Waals surface area (Å²) in [7, 11) is 1.30. The quantitative estimate of drug-likeness (QED) is 0.774. The second-order valence-electron chi connectivity index (χ2n) is 2.50. The summed E-state index contributed by atoms with van der Waals surface area (Å²) in [4.78, 5) is -0.134. The highest BCUT2D eigenvalue weighted by atomic mass is 79.9. The standard InChI is InChI=1S/C8H6BrF3OS/c1-13-6-2-4(8(10,11)12)7(14)3-5(6)9/h2-3,14H,1H3. The van der Waals surface area contributed by atoms with Crippen molar-refractivity contribution in [3.05, 3.63) is 22.2 Å². The predicted molar refractivity (Wildman–Crippen MR) is 52.9 cm³/mol. The minimum Gasteiger partial charge on any atom is -0.496 e. The molecule has 0 aliphatic rings. The molecule has 1 rings (SSSR count). The molecule has 1 nitrogen and oxygen atoms in total. The molecule has 0 spiro atoms. The van der Waals surface area contributed by atoms with E-state index in [0.717, 1.165) is 6.07 Å². The van der Waals surface area contributed by atoms with Crippen LogP contribution >= 0.6 is 28.6 Å². The summed E-state index contributed by atoms with van der Waals surface area (Å²) in [5, 5.41) is 0. The number of rotatable bonds is 1. The van der Waals surface area contributed by atoms with Gasteiger partial charge in [0.25, 0.3) is 0 Å². The minimum atomic E-state index is -4.41. The van der Waals surface area contributed by atoms with Crippen LogP contribution in [0.25, 0.3) is 0 Å². The molecule has 0 radical (unpaired) electrons. The lowest BCUT2D eigenvalue weighted by atomic mass is 10.2. The third-order valence-electron chi connectivity index (χ3n) is 1.58. The first-order valence-corrected chi connectivity index (χ1v) is 4.74. The van der Waals surface area contributed by atoms with Crippen LogP contribution in [0.1, 0.15) is 5.56 Å². The smallest absolute Gasteiger partial charge is 0.417 e. The summed E-state index contributed by atoms with van der Waals surface area (Å²) in [5.74, 6) is 0.134. The van der Waals surface area contributed by atoms with Crippen molar-refractivity contribution < 1.29 is 17.9 Å².